The molecule has 0 radical (unpaired) electrons. The van der Waals surface area contributed by atoms with Crippen LogP contribution in [-0.4, -0.2) is 49.5 Å². The first-order chi connectivity index (χ1) is 10.3. The summed E-state index contributed by atoms with van der Waals surface area (Å²) >= 11 is 0. The van der Waals surface area contributed by atoms with E-state index >= 15 is 0 Å². The fraction of sp³-hybridized carbons (Fsp3) is 0.647. The van der Waals surface area contributed by atoms with Gasteiger partial charge < -0.3 is 14.2 Å². The van der Waals surface area contributed by atoms with Crippen LogP contribution in [0.25, 0.3) is 0 Å². The number of hydrogen-bond acceptors (Lipinski definition) is 4. The summed E-state index contributed by atoms with van der Waals surface area (Å²) in [7, 11) is 0. The molecule has 0 unspecified atom stereocenters. The fourth-order valence-corrected chi connectivity index (χ4v) is 3.84. The summed E-state index contributed by atoms with van der Waals surface area (Å²) in [5.74, 6) is 1.74. The molecule has 2 aliphatic heterocycles. The number of benzene rings is 1. The molecule has 114 valence electrons. The molecule has 21 heavy (non-hydrogen) atoms. The SMILES string of the molecule is c1ccc2c(c1)OC[C@H](CN1CCOC3(CCCC3)C1)O2. The van der Waals surface area contributed by atoms with Crippen LogP contribution in [-0.2, 0) is 4.74 Å². The topological polar surface area (TPSA) is 30.9 Å². The third-order valence-corrected chi connectivity index (χ3v) is 4.87. The van der Waals surface area contributed by atoms with Gasteiger partial charge in [0.2, 0.25) is 0 Å². The van der Waals surface area contributed by atoms with Crippen LogP contribution in [0, 0.1) is 0 Å². The molecular formula is C17H23NO3. The molecule has 1 aromatic rings. The highest BCUT2D eigenvalue weighted by molar-refractivity contribution is 5.40. The monoisotopic (exact) mass is 289 g/mol. The van der Waals surface area contributed by atoms with Crippen molar-refractivity contribution in [1.82, 2.24) is 4.90 Å². The van der Waals surface area contributed by atoms with Crippen LogP contribution in [0.3, 0.4) is 0 Å². The Morgan fingerprint density at radius 2 is 1.95 bits per heavy atom. The van der Waals surface area contributed by atoms with E-state index in [4.69, 9.17) is 14.2 Å². The van der Waals surface area contributed by atoms with E-state index in [0.717, 1.165) is 37.7 Å². The van der Waals surface area contributed by atoms with Gasteiger partial charge in [-0.15, -0.1) is 0 Å². The predicted octanol–water partition coefficient (Wildman–Crippen LogP) is 2.47. The van der Waals surface area contributed by atoms with E-state index in [2.05, 4.69) is 4.90 Å². The quantitative estimate of drug-likeness (QED) is 0.837. The van der Waals surface area contributed by atoms with Crippen molar-refractivity contribution >= 4 is 0 Å². The lowest BCUT2D eigenvalue weighted by atomic mass is 9.99. The molecule has 1 spiro atoms. The van der Waals surface area contributed by atoms with Gasteiger partial charge in [-0.05, 0) is 25.0 Å². The summed E-state index contributed by atoms with van der Waals surface area (Å²) in [6, 6.07) is 7.92. The Bertz CT molecular complexity index is 499. The second-order valence-corrected chi connectivity index (χ2v) is 6.47. The van der Waals surface area contributed by atoms with E-state index in [1.807, 2.05) is 24.3 Å². The summed E-state index contributed by atoms with van der Waals surface area (Å²) in [6.45, 7) is 4.47. The van der Waals surface area contributed by atoms with E-state index in [1.165, 1.54) is 25.7 Å². The van der Waals surface area contributed by atoms with E-state index in [9.17, 15) is 0 Å². The minimum atomic E-state index is 0.122. The zero-order valence-corrected chi connectivity index (χ0v) is 12.4. The fourth-order valence-electron chi connectivity index (χ4n) is 3.84. The van der Waals surface area contributed by atoms with Crippen molar-refractivity contribution in [2.75, 3.05) is 32.8 Å². The zero-order valence-electron chi connectivity index (χ0n) is 12.4. The van der Waals surface area contributed by atoms with E-state index in [0.29, 0.717) is 6.61 Å². The maximum absolute atomic E-state index is 6.09. The van der Waals surface area contributed by atoms with E-state index < -0.39 is 0 Å². The van der Waals surface area contributed by atoms with Crippen molar-refractivity contribution < 1.29 is 14.2 Å². The molecule has 4 rings (SSSR count). The smallest absolute Gasteiger partial charge is 0.161 e. The molecule has 2 fully saturated rings. The van der Waals surface area contributed by atoms with Crippen molar-refractivity contribution in [2.45, 2.75) is 37.4 Å². The minimum absolute atomic E-state index is 0.122. The highest BCUT2D eigenvalue weighted by atomic mass is 16.6. The molecule has 1 atom stereocenters. The average molecular weight is 289 g/mol. The van der Waals surface area contributed by atoms with Crippen molar-refractivity contribution in [3.05, 3.63) is 24.3 Å². The molecule has 0 bridgehead atoms. The summed E-state index contributed by atoms with van der Waals surface area (Å²) in [4.78, 5) is 2.50. The predicted molar refractivity (Wildman–Crippen MR) is 79.9 cm³/mol. The number of rotatable bonds is 2. The zero-order chi connectivity index (χ0) is 14.1. The van der Waals surface area contributed by atoms with Gasteiger partial charge in [-0.3, -0.25) is 4.90 Å². The summed E-state index contributed by atoms with van der Waals surface area (Å²) in [6.07, 6.45) is 5.17. The van der Waals surface area contributed by atoms with Gasteiger partial charge >= 0.3 is 0 Å². The third-order valence-electron chi connectivity index (χ3n) is 4.87. The van der Waals surface area contributed by atoms with Crippen LogP contribution in [0.5, 0.6) is 11.5 Å². The first-order valence-electron chi connectivity index (χ1n) is 8.08. The number of morpholine rings is 1. The Morgan fingerprint density at radius 3 is 2.81 bits per heavy atom. The number of para-hydroxylation sites is 2. The highest BCUT2D eigenvalue weighted by Gasteiger charge is 2.40. The maximum Gasteiger partial charge on any atom is 0.161 e. The van der Waals surface area contributed by atoms with Crippen molar-refractivity contribution in [2.24, 2.45) is 0 Å². The first-order valence-corrected chi connectivity index (χ1v) is 8.08. The van der Waals surface area contributed by atoms with Crippen molar-refractivity contribution in [3.63, 3.8) is 0 Å². The van der Waals surface area contributed by atoms with E-state index in [1.54, 1.807) is 0 Å². The molecule has 4 heteroatoms. The maximum atomic E-state index is 6.09. The molecule has 4 nitrogen and oxygen atoms in total. The van der Waals surface area contributed by atoms with Gasteiger partial charge in [0, 0.05) is 19.6 Å². The summed E-state index contributed by atoms with van der Waals surface area (Å²) in [5, 5.41) is 0. The first kappa shape index (κ1) is 13.4. The van der Waals surface area contributed by atoms with Gasteiger partial charge in [0.15, 0.2) is 11.5 Å². The molecule has 0 amide bonds. The van der Waals surface area contributed by atoms with Gasteiger partial charge in [0.05, 0.1) is 12.2 Å². The molecule has 0 N–H and O–H groups in total. The second kappa shape index (κ2) is 5.50. The Hall–Kier alpha value is -1.26. The van der Waals surface area contributed by atoms with Gasteiger partial charge in [0.1, 0.15) is 12.7 Å². The van der Waals surface area contributed by atoms with Crippen molar-refractivity contribution in [1.29, 1.82) is 0 Å². The normalized spacial score (nSPS) is 27.9. The van der Waals surface area contributed by atoms with Crippen molar-refractivity contribution in [3.8, 4) is 11.5 Å². The lowest BCUT2D eigenvalue weighted by Crippen LogP contribution is -2.53. The molecule has 3 aliphatic rings. The summed E-state index contributed by atoms with van der Waals surface area (Å²) in [5.41, 5.74) is 0.131. The van der Waals surface area contributed by atoms with Crippen LogP contribution in [0.4, 0.5) is 0 Å². The molecule has 1 saturated heterocycles. The average Bonchev–Trinajstić information content (AvgIpc) is 2.95. The lowest BCUT2D eigenvalue weighted by Gasteiger charge is -2.42. The standard InChI is InChI=1S/C17H23NO3/c1-2-6-16-15(5-1)19-12-14(21-16)11-18-9-10-20-17(13-18)7-3-4-8-17/h1-2,5-6,14H,3-4,7-13H2/t14-/m0/s1. The van der Waals surface area contributed by atoms with E-state index in [-0.39, 0.29) is 11.7 Å². The summed E-state index contributed by atoms with van der Waals surface area (Å²) < 4.78 is 18.0. The lowest BCUT2D eigenvalue weighted by molar-refractivity contribution is -0.111. The molecule has 0 aromatic heterocycles. The van der Waals surface area contributed by atoms with Crippen LogP contribution in [0.2, 0.25) is 0 Å². The number of ether oxygens (including phenoxy) is 3. The van der Waals surface area contributed by atoms with Crippen LogP contribution < -0.4 is 9.47 Å². The number of hydrogen-bond donors (Lipinski definition) is 0. The highest BCUT2D eigenvalue weighted by Crippen LogP contribution is 2.36. The number of fused-ring (bicyclic) bond motifs is 1. The number of nitrogens with zero attached hydrogens (tertiary/aromatic N) is 1. The van der Waals surface area contributed by atoms with Gasteiger partial charge in [0.25, 0.3) is 0 Å². The molecule has 1 saturated carbocycles. The molecule has 1 aromatic carbocycles. The Labute approximate surface area is 126 Å². The Kier molecular flexibility index (Phi) is 3.51. The third kappa shape index (κ3) is 2.74. The van der Waals surface area contributed by atoms with Gasteiger partial charge in [-0.2, -0.15) is 0 Å². The molecule has 2 heterocycles. The largest absolute Gasteiger partial charge is 0.486 e. The molecular weight excluding hydrogens is 266 g/mol. The molecule has 1 aliphatic carbocycles. The Morgan fingerprint density at radius 1 is 1.14 bits per heavy atom. The Balaban J connectivity index is 1.38. The second-order valence-electron chi connectivity index (χ2n) is 6.47. The van der Waals surface area contributed by atoms with Gasteiger partial charge in [-0.1, -0.05) is 25.0 Å². The van der Waals surface area contributed by atoms with Crippen LogP contribution >= 0.6 is 0 Å². The van der Waals surface area contributed by atoms with Crippen LogP contribution in [0.1, 0.15) is 25.7 Å². The van der Waals surface area contributed by atoms with Gasteiger partial charge in [-0.25, -0.2) is 0 Å². The van der Waals surface area contributed by atoms with Crippen LogP contribution in [0.15, 0.2) is 24.3 Å². The minimum Gasteiger partial charge on any atom is -0.486 e.